The fraction of sp³-hybridized carbons (Fsp3) is 0.250. The molecule has 0 bridgehead atoms. The Morgan fingerprint density at radius 2 is 1.67 bits per heavy atom. The predicted molar refractivity (Wildman–Crippen MR) is 67.0 cm³/mol. The second-order valence-corrected chi connectivity index (χ2v) is 3.38. The van der Waals surface area contributed by atoms with E-state index >= 15 is 0 Å². The molecular formula is C12H17ClN2. The van der Waals surface area contributed by atoms with E-state index in [4.69, 9.17) is 5.73 Å². The number of pyridine rings is 1. The third kappa shape index (κ3) is 3.50. The Morgan fingerprint density at radius 1 is 1.20 bits per heavy atom. The normalized spacial score (nSPS) is 10.2. The van der Waals surface area contributed by atoms with Crippen LogP contribution in [-0.2, 0) is 5.54 Å². The quantitative estimate of drug-likeness (QED) is 0.782. The van der Waals surface area contributed by atoms with Gasteiger partial charge in [-0.15, -0.1) is 25.6 Å². The van der Waals surface area contributed by atoms with Crippen molar-refractivity contribution in [2.24, 2.45) is 5.73 Å². The Labute approximate surface area is 97.3 Å². The van der Waals surface area contributed by atoms with E-state index < -0.39 is 0 Å². The van der Waals surface area contributed by atoms with Crippen LogP contribution in [-0.4, -0.2) is 4.98 Å². The van der Waals surface area contributed by atoms with Gasteiger partial charge < -0.3 is 5.73 Å². The van der Waals surface area contributed by atoms with Crippen molar-refractivity contribution in [3.63, 3.8) is 0 Å². The molecule has 15 heavy (non-hydrogen) atoms. The highest BCUT2D eigenvalue weighted by atomic mass is 35.5. The highest BCUT2D eigenvalue weighted by Crippen LogP contribution is 2.26. The minimum Gasteiger partial charge on any atom is -0.321 e. The molecule has 0 saturated carbocycles. The molecule has 0 atom stereocenters. The zero-order chi connectivity index (χ0) is 10.4. The molecule has 82 valence electrons. The van der Waals surface area contributed by atoms with Gasteiger partial charge in [-0.3, -0.25) is 4.98 Å². The SMILES string of the molecule is C=CCC(N)(CC=C)c1ccncc1.Cl. The van der Waals surface area contributed by atoms with Gasteiger partial charge >= 0.3 is 0 Å². The Hall–Kier alpha value is -1.12. The lowest BCUT2D eigenvalue weighted by Gasteiger charge is -2.27. The van der Waals surface area contributed by atoms with Gasteiger partial charge in [-0.2, -0.15) is 0 Å². The van der Waals surface area contributed by atoms with Gasteiger partial charge in [0.15, 0.2) is 0 Å². The molecule has 0 aromatic carbocycles. The maximum absolute atomic E-state index is 6.27. The molecule has 1 heterocycles. The van der Waals surface area contributed by atoms with Crippen molar-refractivity contribution >= 4 is 12.4 Å². The third-order valence-corrected chi connectivity index (χ3v) is 2.27. The van der Waals surface area contributed by atoms with Crippen molar-refractivity contribution in [2.75, 3.05) is 0 Å². The third-order valence-electron chi connectivity index (χ3n) is 2.27. The summed E-state index contributed by atoms with van der Waals surface area (Å²) in [4.78, 5) is 3.97. The van der Waals surface area contributed by atoms with E-state index in [0.29, 0.717) is 0 Å². The summed E-state index contributed by atoms with van der Waals surface area (Å²) in [5, 5.41) is 0. The summed E-state index contributed by atoms with van der Waals surface area (Å²) in [5.74, 6) is 0. The van der Waals surface area contributed by atoms with Gasteiger partial charge in [0.25, 0.3) is 0 Å². The summed E-state index contributed by atoms with van der Waals surface area (Å²) in [6, 6.07) is 3.88. The van der Waals surface area contributed by atoms with Crippen LogP contribution in [0, 0.1) is 0 Å². The average Bonchev–Trinajstić information content (AvgIpc) is 2.20. The van der Waals surface area contributed by atoms with Crippen molar-refractivity contribution in [1.29, 1.82) is 0 Å². The van der Waals surface area contributed by atoms with Gasteiger partial charge in [0.1, 0.15) is 0 Å². The largest absolute Gasteiger partial charge is 0.321 e. The highest BCUT2D eigenvalue weighted by molar-refractivity contribution is 5.85. The van der Waals surface area contributed by atoms with Crippen molar-refractivity contribution in [3.8, 4) is 0 Å². The minimum atomic E-state index is -0.382. The zero-order valence-electron chi connectivity index (χ0n) is 8.73. The van der Waals surface area contributed by atoms with E-state index in [-0.39, 0.29) is 17.9 Å². The molecule has 2 nitrogen and oxygen atoms in total. The van der Waals surface area contributed by atoms with Crippen LogP contribution in [0.25, 0.3) is 0 Å². The number of nitrogens with zero attached hydrogens (tertiary/aromatic N) is 1. The van der Waals surface area contributed by atoms with E-state index in [9.17, 15) is 0 Å². The molecule has 0 aliphatic carbocycles. The lowest BCUT2D eigenvalue weighted by Crippen LogP contribution is -2.35. The van der Waals surface area contributed by atoms with Gasteiger partial charge in [-0.25, -0.2) is 0 Å². The van der Waals surface area contributed by atoms with Crippen LogP contribution in [0.15, 0.2) is 49.8 Å². The summed E-state index contributed by atoms with van der Waals surface area (Å²) in [5.41, 5.74) is 6.96. The second kappa shape index (κ2) is 6.38. The van der Waals surface area contributed by atoms with Crippen LogP contribution in [0.2, 0.25) is 0 Å². The molecule has 1 aromatic rings. The first-order valence-electron chi connectivity index (χ1n) is 4.64. The summed E-state index contributed by atoms with van der Waals surface area (Å²) in [6.45, 7) is 7.45. The number of aromatic nitrogens is 1. The number of nitrogens with two attached hydrogens (primary N) is 1. The van der Waals surface area contributed by atoms with Gasteiger partial charge in [-0.1, -0.05) is 12.2 Å². The molecule has 3 heteroatoms. The van der Waals surface area contributed by atoms with E-state index in [1.165, 1.54) is 0 Å². The highest BCUT2D eigenvalue weighted by Gasteiger charge is 2.23. The van der Waals surface area contributed by atoms with Crippen molar-refractivity contribution < 1.29 is 0 Å². The topological polar surface area (TPSA) is 38.9 Å². The van der Waals surface area contributed by atoms with Crippen LogP contribution >= 0.6 is 12.4 Å². The smallest absolute Gasteiger partial charge is 0.0480 e. The van der Waals surface area contributed by atoms with E-state index in [1.54, 1.807) is 12.4 Å². The van der Waals surface area contributed by atoms with Crippen molar-refractivity contribution in [1.82, 2.24) is 4.98 Å². The fourth-order valence-corrected chi connectivity index (χ4v) is 1.52. The summed E-state index contributed by atoms with van der Waals surface area (Å²) >= 11 is 0. The molecule has 0 radical (unpaired) electrons. The Kier molecular flexibility index (Phi) is 5.90. The van der Waals surface area contributed by atoms with E-state index in [0.717, 1.165) is 18.4 Å². The van der Waals surface area contributed by atoms with Crippen LogP contribution in [0.3, 0.4) is 0 Å². The summed E-state index contributed by atoms with van der Waals surface area (Å²) in [6.07, 6.45) is 8.66. The van der Waals surface area contributed by atoms with Crippen LogP contribution in [0.5, 0.6) is 0 Å². The lowest BCUT2D eigenvalue weighted by molar-refractivity contribution is 0.456. The van der Waals surface area contributed by atoms with Crippen LogP contribution < -0.4 is 5.73 Å². The van der Waals surface area contributed by atoms with Gasteiger partial charge in [0.2, 0.25) is 0 Å². The van der Waals surface area contributed by atoms with Crippen molar-refractivity contribution in [3.05, 3.63) is 55.4 Å². The minimum absolute atomic E-state index is 0. The molecule has 0 fully saturated rings. The molecule has 1 aromatic heterocycles. The van der Waals surface area contributed by atoms with Crippen molar-refractivity contribution in [2.45, 2.75) is 18.4 Å². The molecule has 1 rings (SSSR count). The average molecular weight is 225 g/mol. The molecule has 0 amide bonds. The number of rotatable bonds is 5. The van der Waals surface area contributed by atoms with Gasteiger partial charge in [-0.05, 0) is 30.5 Å². The number of hydrogen-bond donors (Lipinski definition) is 1. The molecule has 0 spiro atoms. The second-order valence-electron chi connectivity index (χ2n) is 3.38. The maximum Gasteiger partial charge on any atom is 0.0480 e. The Balaban J connectivity index is 0.00000196. The van der Waals surface area contributed by atoms with Gasteiger partial charge in [0.05, 0.1) is 0 Å². The predicted octanol–water partition coefficient (Wildman–Crippen LogP) is 2.81. The zero-order valence-corrected chi connectivity index (χ0v) is 9.54. The molecule has 0 aliphatic rings. The fourth-order valence-electron chi connectivity index (χ4n) is 1.52. The first kappa shape index (κ1) is 13.9. The Bertz CT molecular complexity index is 299. The molecule has 0 aliphatic heterocycles. The number of halogens is 1. The Morgan fingerprint density at radius 3 is 2.07 bits per heavy atom. The van der Waals surface area contributed by atoms with Crippen LogP contribution in [0.1, 0.15) is 18.4 Å². The first-order valence-corrected chi connectivity index (χ1v) is 4.64. The molecule has 0 unspecified atom stereocenters. The van der Waals surface area contributed by atoms with Gasteiger partial charge in [0, 0.05) is 17.9 Å². The summed E-state index contributed by atoms with van der Waals surface area (Å²) < 4.78 is 0. The molecular weight excluding hydrogens is 208 g/mol. The molecule has 0 saturated heterocycles. The number of hydrogen-bond acceptors (Lipinski definition) is 2. The lowest BCUT2D eigenvalue weighted by atomic mass is 9.85. The monoisotopic (exact) mass is 224 g/mol. The first-order chi connectivity index (χ1) is 6.73. The molecule has 2 N–H and O–H groups in total. The van der Waals surface area contributed by atoms with E-state index in [2.05, 4.69) is 18.1 Å². The standard InChI is InChI=1S/C12H16N2.ClH/c1-3-7-12(13,8-4-2)11-5-9-14-10-6-11;/h3-6,9-10H,1-2,7-8,13H2;1H. The summed E-state index contributed by atoms with van der Waals surface area (Å²) in [7, 11) is 0. The maximum atomic E-state index is 6.27. The van der Waals surface area contributed by atoms with E-state index in [1.807, 2.05) is 24.3 Å². The van der Waals surface area contributed by atoms with Crippen LogP contribution in [0.4, 0.5) is 0 Å².